The molecule has 1 fully saturated rings. The van der Waals surface area contributed by atoms with Crippen LogP contribution in [0.1, 0.15) is 29.5 Å². The zero-order valence-corrected chi connectivity index (χ0v) is 11.6. The van der Waals surface area contributed by atoms with E-state index in [4.69, 9.17) is 10.5 Å². The normalized spacial score (nSPS) is 17.3. The van der Waals surface area contributed by atoms with Crippen molar-refractivity contribution in [2.24, 2.45) is 5.73 Å². The van der Waals surface area contributed by atoms with Crippen molar-refractivity contribution in [1.82, 2.24) is 0 Å². The van der Waals surface area contributed by atoms with Gasteiger partial charge in [-0.05, 0) is 53.7 Å². The second-order valence-corrected chi connectivity index (χ2v) is 5.49. The lowest BCUT2D eigenvalue weighted by Gasteiger charge is -2.20. The van der Waals surface area contributed by atoms with E-state index in [2.05, 4.69) is 35.8 Å². The van der Waals surface area contributed by atoms with Crippen LogP contribution in [0.4, 0.5) is 0 Å². The Morgan fingerprint density at radius 3 is 2.50 bits per heavy atom. The minimum absolute atomic E-state index is 0.173. The topological polar surface area (TPSA) is 35.2 Å². The number of methoxy groups -OCH3 is 1. The van der Waals surface area contributed by atoms with E-state index in [0.717, 1.165) is 10.2 Å². The molecule has 16 heavy (non-hydrogen) atoms. The second-order valence-electron chi connectivity index (χ2n) is 4.70. The molecular formula is C13H18BrNO. The molecule has 0 spiro atoms. The molecular weight excluding hydrogens is 266 g/mol. The van der Waals surface area contributed by atoms with Gasteiger partial charge in [0.15, 0.2) is 0 Å². The number of halogens is 1. The minimum Gasteiger partial charge on any atom is -0.495 e. The number of ether oxygens (including phenoxy) is 1. The van der Waals surface area contributed by atoms with Gasteiger partial charge < -0.3 is 10.5 Å². The standard InChI is InChI=1S/C13H18BrNO/c1-8-6-10(13(7-15)4-5-13)12(16-3)11(14)9(8)2/h6H,4-5,7,15H2,1-3H3. The summed E-state index contributed by atoms with van der Waals surface area (Å²) < 4.78 is 6.61. The van der Waals surface area contributed by atoms with Crippen LogP contribution in [0, 0.1) is 13.8 Å². The molecule has 0 aromatic heterocycles. The van der Waals surface area contributed by atoms with Crippen LogP contribution < -0.4 is 10.5 Å². The van der Waals surface area contributed by atoms with Crippen LogP contribution in [0.5, 0.6) is 5.75 Å². The zero-order valence-electron chi connectivity index (χ0n) is 10.1. The highest BCUT2D eigenvalue weighted by atomic mass is 79.9. The first-order chi connectivity index (χ1) is 7.55. The molecule has 1 aromatic carbocycles. The van der Waals surface area contributed by atoms with E-state index in [1.807, 2.05) is 0 Å². The van der Waals surface area contributed by atoms with Crippen molar-refractivity contribution in [2.45, 2.75) is 32.1 Å². The van der Waals surface area contributed by atoms with E-state index in [0.29, 0.717) is 6.54 Å². The van der Waals surface area contributed by atoms with Crippen molar-refractivity contribution >= 4 is 15.9 Å². The first-order valence-electron chi connectivity index (χ1n) is 5.60. The van der Waals surface area contributed by atoms with Gasteiger partial charge in [-0.1, -0.05) is 6.07 Å². The Kier molecular flexibility index (Phi) is 3.01. The first-order valence-corrected chi connectivity index (χ1v) is 6.39. The molecule has 0 heterocycles. The summed E-state index contributed by atoms with van der Waals surface area (Å²) in [6.07, 6.45) is 2.35. The molecule has 0 radical (unpaired) electrons. The maximum atomic E-state index is 5.89. The van der Waals surface area contributed by atoms with Gasteiger partial charge >= 0.3 is 0 Å². The van der Waals surface area contributed by atoms with Crippen LogP contribution in [0.15, 0.2) is 10.5 Å². The molecule has 3 heteroatoms. The van der Waals surface area contributed by atoms with E-state index in [9.17, 15) is 0 Å². The molecule has 0 unspecified atom stereocenters. The summed E-state index contributed by atoms with van der Waals surface area (Å²) in [5.74, 6) is 0.964. The highest BCUT2D eigenvalue weighted by Gasteiger charge is 2.45. The van der Waals surface area contributed by atoms with Crippen molar-refractivity contribution in [3.8, 4) is 5.75 Å². The van der Waals surface area contributed by atoms with Gasteiger partial charge in [-0.3, -0.25) is 0 Å². The Hall–Kier alpha value is -0.540. The third-order valence-electron chi connectivity index (χ3n) is 3.75. The molecule has 1 aliphatic carbocycles. The quantitative estimate of drug-likeness (QED) is 0.925. The molecule has 0 amide bonds. The number of nitrogens with two attached hydrogens (primary N) is 1. The predicted molar refractivity (Wildman–Crippen MR) is 70.1 cm³/mol. The SMILES string of the molecule is COc1c(C2(CN)CC2)cc(C)c(C)c1Br. The van der Waals surface area contributed by atoms with E-state index in [-0.39, 0.29) is 5.41 Å². The summed E-state index contributed by atoms with van der Waals surface area (Å²) >= 11 is 3.63. The Labute approximate surface area is 105 Å². The lowest BCUT2D eigenvalue weighted by Crippen LogP contribution is -2.21. The van der Waals surface area contributed by atoms with Crippen LogP contribution in [-0.4, -0.2) is 13.7 Å². The molecule has 1 aromatic rings. The third-order valence-corrected chi connectivity index (χ3v) is 4.70. The largest absolute Gasteiger partial charge is 0.495 e. The number of rotatable bonds is 3. The van der Waals surface area contributed by atoms with Gasteiger partial charge in [0.2, 0.25) is 0 Å². The van der Waals surface area contributed by atoms with Gasteiger partial charge in [-0.15, -0.1) is 0 Å². The lowest BCUT2D eigenvalue weighted by molar-refractivity contribution is 0.401. The highest BCUT2D eigenvalue weighted by molar-refractivity contribution is 9.10. The minimum atomic E-state index is 0.173. The average Bonchev–Trinajstić information content (AvgIpc) is 3.06. The third kappa shape index (κ3) is 1.66. The monoisotopic (exact) mass is 283 g/mol. The molecule has 0 atom stereocenters. The summed E-state index contributed by atoms with van der Waals surface area (Å²) in [5.41, 5.74) is 9.87. The van der Waals surface area contributed by atoms with Crippen molar-refractivity contribution in [1.29, 1.82) is 0 Å². The van der Waals surface area contributed by atoms with Crippen LogP contribution in [0.25, 0.3) is 0 Å². The molecule has 2 rings (SSSR count). The smallest absolute Gasteiger partial charge is 0.137 e. The van der Waals surface area contributed by atoms with E-state index < -0.39 is 0 Å². The maximum absolute atomic E-state index is 5.89. The highest BCUT2D eigenvalue weighted by Crippen LogP contribution is 2.52. The number of hydrogen-bond acceptors (Lipinski definition) is 2. The molecule has 0 aliphatic heterocycles. The first kappa shape index (κ1) is 11.9. The van der Waals surface area contributed by atoms with Crippen molar-refractivity contribution in [3.05, 3.63) is 27.2 Å². The Morgan fingerprint density at radius 1 is 1.44 bits per heavy atom. The molecule has 2 N–H and O–H groups in total. The van der Waals surface area contributed by atoms with Gasteiger partial charge in [0, 0.05) is 17.5 Å². The van der Waals surface area contributed by atoms with E-state index >= 15 is 0 Å². The number of aryl methyl sites for hydroxylation is 1. The fourth-order valence-corrected chi connectivity index (χ4v) is 2.87. The Balaban J connectivity index is 2.61. The maximum Gasteiger partial charge on any atom is 0.137 e. The van der Waals surface area contributed by atoms with Gasteiger partial charge in [0.1, 0.15) is 5.75 Å². The Bertz CT molecular complexity index is 424. The molecule has 88 valence electrons. The number of benzene rings is 1. The van der Waals surface area contributed by atoms with Gasteiger partial charge in [-0.25, -0.2) is 0 Å². The van der Waals surface area contributed by atoms with Gasteiger partial charge in [-0.2, -0.15) is 0 Å². The summed E-state index contributed by atoms with van der Waals surface area (Å²) in [4.78, 5) is 0. The summed E-state index contributed by atoms with van der Waals surface area (Å²) in [7, 11) is 1.73. The molecule has 0 saturated heterocycles. The lowest BCUT2D eigenvalue weighted by atomic mass is 9.92. The van der Waals surface area contributed by atoms with Crippen molar-refractivity contribution in [2.75, 3.05) is 13.7 Å². The van der Waals surface area contributed by atoms with Gasteiger partial charge in [0.25, 0.3) is 0 Å². The average molecular weight is 284 g/mol. The molecule has 0 bridgehead atoms. The zero-order chi connectivity index (χ0) is 11.9. The van der Waals surface area contributed by atoms with Crippen LogP contribution in [0.2, 0.25) is 0 Å². The molecule has 1 aliphatic rings. The molecule has 2 nitrogen and oxygen atoms in total. The van der Waals surface area contributed by atoms with Crippen LogP contribution >= 0.6 is 15.9 Å². The summed E-state index contributed by atoms with van der Waals surface area (Å²) in [6.45, 7) is 4.95. The Morgan fingerprint density at radius 2 is 2.06 bits per heavy atom. The van der Waals surface area contributed by atoms with Gasteiger partial charge in [0.05, 0.1) is 11.6 Å². The van der Waals surface area contributed by atoms with Crippen LogP contribution in [-0.2, 0) is 5.41 Å². The number of hydrogen-bond donors (Lipinski definition) is 1. The molecule has 1 saturated carbocycles. The van der Waals surface area contributed by atoms with E-state index in [1.165, 1.54) is 29.5 Å². The van der Waals surface area contributed by atoms with Crippen molar-refractivity contribution < 1.29 is 4.74 Å². The second kappa shape index (κ2) is 4.04. The fraction of sp³-hybridized carbons (Fsp3) is 0.538. The summed E-state index contributed by atoms with van der Waals surface area (Å²) in [6, 6.07) is 2.23. The predicted octanol–water partition coefficient (Wildman–Crippen LogP) is 3.06. The summed E-state index contributed by atoms with van der Waals surface area (Å²) in [5, 5.41) is 0. The van der Waals surface area contributed by atoms with Crippen LogP contribution in [0.3, 0.4) is 0 Å². The van der Waals surface area contributed by atoms with E-state index in [1.54, 1.807) is 7.11 Å². The fourth-order valence-electron chi connectivity index (χ4n) is 2.18. The van der Waals surface area contributed by atoms with Crippen molar-refractivity contribution in [3.63, 3.8) is 0 Å².